The number of nitrogens with two attached hydrogens (primary N) is 1. The van der Waals surface area contributed by atoms with Gasteiger partial charge in [-0.15, -0.1) is 5.10 Å². The molecule has 5 nitrogen and oxygen atoms in total. The van der Waals surface area contributed by atoms with Crippen molar-refractivity contribution in [2.45, 2.75) is 6.92 Å². The first-order valence-corrected chi connectivity index (χ1v) is 5.96. The summed E-state index contributed by atoms with van der Waals surface area (Å²) in [4.78, 5) is 0. The number of hydrogen-bond donors (Lipinski definition) is 1. The lowest BCUT2D eigenvalue weighted by Crippen LogP contribution is -2.01. The highest BCUT2D eigenvalue weighted by Crippen LogP contribution is 2.24. The summed E-state index contributed by atoms with van der Waals surface area (Å²) in [6.45, 7) is 2.04. The van der Waals surface area contributed by atoms with Gasteiger partial charge < -0.3 is 5.73 Å². The minimum atomic E-state index is 0.641. The van der Waals surface area contributed by atoms with Crippen LogP contribution in [-0.2, 0) is 0 Å². The Morgan fingerprint density at radius 1 is 1.00 bits per heavy atom. The summed E-state index contributed by atoms with van der Waals surface area (Å²) in [5.74, 6) is 0.641. The molecule has 0 saturated heterocycles. The van der Waals surface area contributed by atoms with Crippen molar-refractivity contribution in [3.8, 4) is 17.1 Å². The zero-order valence-corrected chi connectivity index (χ0v) is 10.5. The van der Waals surface area contributed by atoms with Crippen LogP contribution in [0.25, 0.3) is 17.1 Å². The maximum atomic E-state index is 5.97. The summed E-state index contributed by atoms with van der Waals surface area (Å²) in [5, 5.41) is 11.8. The average Bonchev–Trinajstić information content (AvgIpc) is 2.89. The molecule has 0 aliphatic heterocycles. The zero-order valence-electron chi connectivity index (χ0n) is 10.5. The number of rotatable bonds is 2. The summed E-state index contributed by atoms with van der Waals surface area (Å²) >= 11 is 0. The molecule has 0 aliphatic rings. The number of nitrogens with zero attached hydrogens (tertiary/aromatic N) is 4. The van der Waals surface area contributed by atoms with Crippen LogP contribution in [-0.4, -0.2) is 20.2 Å². The van der Waals surface area contributed by atoms with Crippen LogP contribution in [0.2, 0.25) is 0 Å². The summed E-state index contributed by atoms with van der Waals surface area (Å²) in [5.41, 5.74) is 9.56. The number of hydrogen-bond acceptors (Lipinski definition) is 4. The van der Waals surface area contributed by atoms with Crippen LogP contribution in [0.5, 0.6) is 0 Å². The Morgan fingerprint density at radius 2 is 1.74 bits per heavy atom. The highest BCUT2D eigenvalue weighted by atomic mass is 15.5. The minimum Gasteiger partial charge on any atom is -0.398 e. The van der Waals surface area contributed by atoms with Gasteiger partial charge in [0.15, 0.2) is 5.82 Å². The molecule has 0 aliphatic carbocycles. The molecule has 0 radical (unpaired) electrons. The fraction of sp³-hybridized carbons (Fsp3) is 0.0714. The monoisotopic (exact) mass is 251 g/mol. The molecule has 94 valence electrons. The van der Waals surface area contributed by atoms with Gasteiger partial charge in [-0.3, -0.25) is 0 Å². The van der Waals surface area contributed by atoms with Gasteiger partial charge in [-0.2, -0.15) is 4.68 Å². The first-order valence-electron chi connectivity index (χ1n) is 5.96. The summed E-state index contributed by atoms with van der Waals surface area (Å²) in [7, 11) is 0. The second kappa shape index (κ2) is 4.53. The lowest BCUT2D eigenvalue weighted by atomic mass is 10.1. The molecule has 1 aromatic heterocycles. The minimum absolute atomic E-state index is 0.641. The summed E-state index contributed by atoms with van der Waals surface area (Å²) in [6.07, 6.45) is 0. The number of benzene rings is 2. The third-order valence-corrected chi connectivity index (χ3v) is 2.95. The van der Waals surface area contributed by atoms with E-state index in [9.17, 15) is 0 Å². The Morgan fingerprint density at radius 3 is 2.47 bits per heavy atom. The Labute approximate surface area is 110 Å². The van der Waals surface area contributed by atoms with E-state index in [1.807, 2.05) is 55.5 Å². The van der Waals surface area contributed by atoms with Crippen LogP contribution in [0.4, 0.5) is 5.69 Å². The maximum Gasteiger partial charge on any atom is 0.189 e. The van der Waals surface area contributed by atoms with Crippen molar-refractivity contribution in [2.24, 2.45) is 0 Å². The van der Waals surface area contributed by atoms with Gasteiger partial charge in [0.05, 0.1) is 5.69 Å². The molecule has 2 N–H and O–H groups in total. The van der Waals surface area contributed by atoms with Crippen LogP contribution < -0.4 is 5.73 Å². The van der Waals surface area contributed by atoms with Gasteiger partial charge in [-0.25, -0.2) is 0 Å². The first kappa shape index (κ1) is 11.4. The molecule has 3 rings (SSSR count). The number of aryl methyl sites for hydroxylation is 1. The van der Waals surface area contributed by atoms with Gasteiger partial charge in [-0.05, 0) is 41.6 Å². The third kappa shape index (κ3) is 2.06. The molecule has 0 unspecified atom stereocenters. The van der Waals surface area contributed by atoms with Gasteiger partial charge in [0.2, 0.25) is 0 Å². The highest BCUT2D eigenvalue weighted by Gasteiger charge is 2.12. The Balaban J connectivity index is 2.13. The molecule has 3 aromatic rings. The SMILES string of the molecule is Cc1ccc(-n2nnnc2-c2ccccc2N)cc1. The predicted octanol–water partition coefficient (Wildman–Crippen LogP) is 2.22. The first-order chi connectivity index (χ1) is 9.25. The number of para-hydroxylation sites is 1. The van der Waals surface area contributed by atoms with E-state index in [0.717, 1.165) is 11.3 Å². The molecular weight excluding hydrogens is 238 g/mol. The smallest absolute Gasteiger partial charge is 0.189 e. The number of nitrogen functional groups attached to an aromatic ring is 1. The normalized spacial score (nSPS) is 10.6. The van der Waals surface area contributed by atoms with Crippen LogP contribution in [0, 0.1) is 6.92 Å². The molecule has 5 heteroatoms. The van der Waals surface area contributed by atoms with E-state index in [2.05, 4.69) is 15.5 Å². The maximum absolute atomic E-state index is 5.97. The van der Waals surface area contributed by atoms with Gasteiger partial charge >= 0.3 is 0 Å². The summed E-state index contributed by atoms with van der Waals surface area (Å²) in [6, 6.07) is 15.6. The van der Waals surface area contributed by atoms with Crippen molar-refractivity contribution < 1.29 is 0 Å². The third-order valence-electron chi connectivity index (χ3n) is 2.95. The predicted molar refractivity (Wildman–Crippen MR) is 73.7 cm³/mol. The van der Waals surface area contributed by atoms with E-state index in [1.54, 1.807) is 4.68 Å². The number of aromatic nitrogens is 4. The van der Waals surface area contributed by atoms with Crippen LogP contribution in [0.3, 0.4) is 0 Å². The standard InChI is InChI=1S/C14H13N5/c1-10-6-8-11(9-7-10)19-14(16-17-18-19)12-4-2-3-5-13(12)15/h2-9H,15H2,1H3. The van der Waals surface area contributed by atoms with Crippen molar-refractivity contribution in [2.75, 3.05) is 5.73 Å². The number of tetrazole rings is 1. The lowest BCUT2D eigenvalue weighted by Gasteiger charge is -2.06. The fourth-order valence-electron chi connectivity index (χ4n) is 1.92. The molecule has 0 atom stereocenters. The van der Waals surface area contributed by atoms with Crippen LogP contribution in [0.1, 0.15) is 5.56 Å². The topological polar surface area (TPSA) is 69.6 Å². The zero-order chi connectivity index (χ0) is 13.2. The Kier molecular flexibility index (Phi) is 2.72. The molecule has 1 heterocycles. The Hall–Kier alpha value is -2.69. The van der Waals surface area contributed by atoms with Crippen molar-refractivity contribution in [1.82, 2.24) is 20.2 Å². The van der Waals surface area contributed by atoms with Crippen molar-refractivity contribution in [3.63, 3.8) is 0 Å². The molecular formula is C14H13N5. The van der Waals surface area contributed by atoms with E-state index in [-0.39, 0.29) is 0 Å². The van der Waals surface area contributed by atoms with Crippen molar-refractivity contribution in [1.29, 1.82) is 0 Å². The summed E-state index contributed by atoms with van der Waals surface area (Å²) < 4.78 is 1.69. The fourth-order valence-corrected chi connectivity index (χ4v) is 1.92. The van der Waals surface area contributed by atoms with Gasteiger partial charge in [0, 0.05) is 11.3 Å². The van der Waals surface area contributed by atoms with Crippen molar-refractivity contribution in [3.05, 3.63) is 54.1 Å². The molecule has 0 bridgehead atoms. The molecule has 0 saturated carbocycles. The highest BCUT2D eigenvalue weighted by molar-refractivity contribution is 5.72. The lowest BCUT2D eigenvalue weighted by molar-refractivity contribution is 0.791. The van der Waals surface area contributed by atoms with Crippen molar-refractivity contribution >= 4 is 5.69 Å². The van der Waals surface area contributed by atoms with E-state index in [1.165, 1.54) is 5.56 Å². The quantitative estimate of drug-likeness (QED) is 0.709. The average molecular weight is 251 g/mol. The van der Waals surface area contributed by atoms with E-state index in [4.69, 9.17) is 5.73 Å². The van der Waals surface area contributed by atoms with Crippen LogP contribution in [0.15, 0.2) is 48.5 Å². The molecule has 0 fully saturated rings. The molecule has 2 aromatic carbocycles. The largest absolute Gasteiger partial charge is 0.398 e. The number of anilines is 1. The van der Waals surface area contributed by atoms with Gasteiger partial charge in [0.1, 0.15) is 0 Å². The van der Waals surface area contributed by atoms with Gasteiger partial charge in [0.25, 0.3) is 0 Å². The van der Waals surface area contributed by atoms with Gasteiger partial charge in [-0.1, -0.05) is 29.8 Å². The second-order valence-corrected chi connectivity index (χ2v) is 4.34. The molecule has 0 spiro atoms. The molecule has 0 amide bonds. The second-order valence-electron chi connectivity index (χ2n) is 4.34. The Bertz CT molecular complexity index is 700. The van der Waals surface area contributed by atoms with Crippen LogP contribution >= 0.6 is 0 Å². The molecule has 19 heavy (non-hydrogen) atoms. The van der Waals surface area contributed by atoms with E-state index in [0.29, 0.717) is 11.5 Å². The van der Waals surface area contributed by atoms with E-state index < -0.39 is 0 Å². The van der Waals surface area contributed by atoms with E-state index >= 15 is 0 Å².